The monoisotopic (exact) mass is 269 g/mol. The van der Waals surface area contributed by atoms with Crippen molar-refractivity contribution in [3.8, 4) is 0 Å². The fourth-order valence-corrected chi connectivity index (χ4v) is 2.64. The molecule has 1 nitrogen and oxygen atoms in total. The fourth-order valence-electron chi connectivity index (χ4n) is 2.46. The molecular weight excluding hydrogens is 254 g/mol. The Labute approximate surface area is 118 Å². The molecule has 0 radical (unpaired) electrons. The van der Waals surface area contributed by atoms with E-state index in [2.05, 4.69) is 53.2 Å². The highest BCUT2D eigenvalue weighted by Gasteiger charge is 2.01. The minimum Gasteiger partial charge on any atom is -0.347 e. The zero-order chi connectivity index (χ0) is 13.1. The highest BCUT2D eigenvalue weighted by atomic mass is 35.5. The van der Waals surface area contributed by atoms with Gasteiger partial charge in [0.2, 0.25) is 0 Å². The van der Waals surface area contributed by atoms with Gasteiger partial charge in [-0.05, 0) is 42.7 Å². The standard InChI is InChI=1S/C17H16ClN/c18-16-8-9-17-15(13-16)10-12-19(17)11-4-7-14-5-2-1-3-6-14/h1-3,5-6,8-10,12-13H,4,7,11H2. The molecule has 0 saturated carbocycles. The van der Waals surface area contributed by atoms with Crippen molar-refractivity contribution in [3.63, 3.8) is 0 Å². The number of hydrogen-bond donors (Lipinski definition) is 0. The molecule has 0 atom stereocenters. The molecule has 0 N–H and O–H groups in total. The third-order valence-corrected chi connectivity index (χ3v) is 3.68. The van der Waals surface area contributed by atoms with Crippen molar-refractivity contribution in [2.75, 3.05) is 0 Å². The van der Waals surface area contributed by atoms with E-state index in [1.165, 1.54) is 16.5 Å². The average molecular weight is 270 g/mol. The van der Waals surface area contributed by atoms with Gasteiger partial charge in [0.25, 0.3) is 0 Å². The van der Waals surface area contributed by atoms with Gasteiger partial charge in [0.05, 0.1) is 0 Å². The van der Waals surface area contributed by atoms with Crippen molar-refractivity contribution in [1.82, 2.24) is 4.57 Å². The van der Waals surface area contributed by atoms with E-state index < -0.39 is 0 Å². The van der Waals surface area contributed by atoms with Gasteiger partial charge >= 0.3 is 0 Å². The lowest BCUT2D eigenvalue weighted by Crippen LogP contribution is -1.97. The van der Waals surface area contributed by atoms with E-state index in [4.69, 9.17) is 11.6 Å². The summed E-state index contributed by atoms with van der Waals surface area (Å²) in [6.07, 6.45) is 4.41. The van der Waals surface area contributed by atoms with Crippen LogP contribution in [0.1, 0.15) is 12.0 Å². The van der Waals surface area contributed by atoms with Crippen molar-refractivity contribution >= 4 is 22.5 Å². The van der Waals surface area contributed by atoms with E-state index in [1.54, 1.807) is 0 Å². The molecule has 0 saturated heterocycles. The highest BCUT2D eigenvalue weighted by Crippen LogP contribution is 2.20. The largest absolute Gasteiger partial charge is 0.347 e. The van der Waals surface area contributed by atoms with Crippen molar-refractivity contribution in [2.24, 2.45) is 0 Å². The fraction of sp³-hybridized carbons (Fsp3) is 0.176. The van der Waals surface area contributed by atoms with Crippen molar-refractivity contribution in [1.29, 1.82) is 0 Å². The Balaban J connectivity index is 1.69. The smallest absolute Gasteiger partial charge is 0.0481 e. The molecule has 0 unspecified atom stereocenters. The lowest BCUT2D eigenvalue weighted by atomic mass is 10.1. The van der Waals surface area contributed by atoms with Crippen LogP contribution in [0.5, 0.6) is 0 Å². The first-order valence-electron chi connectivity index (χ1n) is 6.61. The SMILES string of the molecule is Clc1ccc2c(ccn2CCCc2ccccc2)c1. The number of aryl methyl sites for hydroxylation is 2. The third kappa shape index (κ3) is 2.82. The van der Waals surface area contributed by atoms with Crippen molar-refractivity contribution in [2.45, 2.75) is 19.4 Å². The summed E-state index contributed by atoms with van der Waals surface area (Å²) in [5, 5.41) is 2.02. The van der Waals surface area contributed by atoms with E-state index in [0.717, 1.165) is 24.4 Å². The summed E-state index contributed by atoms with van der Waals surface area (Å²) in [5.41, 5.74) is 2.67. The maximum absolute atomic E-state index is 6.00. The lowest BCUT2D eigenvalue weighted by Gasteiger charge is -2.06. The second-order valence-electron chi connectivity index (χ2n) is 4.80. The quantitative estimate of drug-likeness (QED) is 0.633. The third-order valence-electron chi connectivity index (χ3n) is 3.44. The van der Waals surface area contributed by atoms with E-state index in [9.17, 15) is 0 Å². The summed E-state index contributed by atoms with van der Waals surface area (Å²) in [5.74, 6) is 0. The highest BCUT2D eigenvalue weighted by molar-refractivity contribution is 6.31. The van der Waals surface area contributed by atoms with Gasteiger partial charge < -0.3 is 4.57 Å². The van der Waals surface area contributed by atoms with Gasteiger partial charge in [-0.1, -0.05) is 41.9 Å². The zero-order valence-electron chi connectivity index (χ0n) is 10.7. The van der Waals surface area contributed by atoms with Crippen molar-refractivity contribution < 1.29 is 0 Å². The zero-order valence-corrected chi connectivity index (χ0v) is 11.5. The summed E-state index contributed by atoms with van der Waals surface area (Å²) in [4.78, 5) is 0. The molecule has 0 fully saturated rings. The summed E-state index contributed by atoms with van der Waals surface area (Å²) in [6.45, 7) is 1.04. The molecule has 3 aromatic rings. The average Bonchev–Trinajstić information content (AvgIpc) is 2.82. The van der Waals surface area contributed by atoms with Crippen molar-refractivity contribution in [3.05, 3.63) is 71.4 Å². The molecule has 19 heavy (non-hydrogen) atoms. The predicted molar refractivity (Wildman–Crippen MR) is 81.7 cm³/mol. The number of nitrogens with zero attached hydrogens (tertiary/aromatic N) is 1. The molecule has 0 amide bonds. The van der Waals surface area contributed by atoms with Crippen LogP contribution < -0.4 is 0 Å². The molecule has 1 heterocycles. The van der Waals surface area contributed by atoms with Crippen LogP contribution in [0.2, 0.25) is 5.02 Å². The maximum atomic E-state index is 6.00. The van der Waals surface area contributed by atoms with Gasteiger partial charge in [0, 0.05) is 28.7 Å². The number of halogens is 1. The molecule has 96 valence electrons. The van der Waals surface area contributed by atoms with E-state index >= 15 is 0 Å². The van der Waals surface area contributed by atoms with Crippen LogP contribution in [0, 0.1) is 0 Å². The van der Waals surface area contributed by atoms with Gasteiger partial charge in [-0.3, -0.25) is 0 Å². The topological polar surface area (TPSA) is 4.93 Å². The summed E-state index contributed by atoms with van der Waals surface area (Å²) >= 11 is 6.00. The van der Waals surface area contributed by atoms with Crippen LogP contribution in [0.25, 0.3) is 10.9 Å². The lowest BCUT2D eigenvalue weighted by molar-refractivity contribution is 0.662. The van der Waals surface area contributed by atoms with Gasteiger partial charge in [-0.25, -0.2) is 0 Å². The summed E-state index contributed by atoms with van der Waals surface area (Å²) in [6, 6.07) is 18.8. The Kier molecular flexibility index (Phi) is 3.56. The maximum Gasteiger partial charge on any atom is 0.0481 e. The number of fused-ring (bicyclic) bond motifs is 1. The number of rotatable bonds is 4. The Morgan fingerprint density at radius 1 is 0.947 bits per heavy atom. The van der Waals surface area contributed by atoms with Crippen LogP contribution >= 0.6 is 11.6 Å². The van der Waals surface area contributed by atoms with Crippen LogP contribution in [0.3, 0.4) is 0 Å². The first-order valence-corrected chi connectivity index (χ1v) is 6.99. The molecule has 0 aliphatic rings. The molecule has 0 aliphatic heterocycles. The first kappa shape index (κ1) is 12.3. The molecular formula is C17H16ClN. The van der Waals surface area contributed by atoms with E-state index in [1.807, 2.05) is 12.1 Å². The first-order chi connectivity index (χ1) is 9.33. The number of hydrogen-bond acceptors (Lipinski definition) is 0. The van der Waals surface area contributed by atoms with Crippen LogP contribution in [0.15, 0.2) is 60.8 Å². The number of benzene rings is 2. The Morgan fingerprint density at radius 3 is 2.63 bits per heavy atom. The van der Waals surface area contributed by atoms with Crippen LogP contribution in [-0.4, -0.2) is 4.57 Å². The van der Waals surface area contributed by atoms with Crippen LogP contribution in [-0.2, 0) is 13.0 Å². The Bertz CT molecular complexity index is 670. The summed E-state index contributed by atoms with van der Waals surface area (Å²) in [7, 11) is 0. The molecule has 0 bridgehead atoms. The normalized spacial score (nSPS) is 11.0. The molecule has 2 aromatic carbocycles. The summed E-state index contributed by atoms with van der Waals surface area (Å²) < 4.78 is 2.30. The van der Waals surface area contributed by atoms with E-state index in [-0.39, 0.29) is 0 Å². The van der Waals surface area contributed by atoms with Crippen LogP contribution in [0.4, 0.5) is 0 Å². The second kappa shape index (κ2) is 5.50. The van der Waals surface area contributed by atoms with Gasteiger partial charge in [0.1, 0.15) is 0 Å². The van der Waals surface area contributed by atoms with Gasteiger partial charge in [0.15, 0.2) is 0 Å². The van der Waals surface area contributed by atoms with E-state index in [0.29, 0.717) is 0 Å². The number of aromatic nitrogens is 1. The van der Waals surface area contributed by atoms with Gasteiger partial charge in [-0.2, -0.15) is 0 Å². The second-order valence-corrected chi connectivity index (χ2v) is 5.24. The van der Waals surface area contributed by atoms with Gasteiger partial charge in [-0.15, -0.1) is 0 Å². The molecule has 2 heteroatoms. The Hall–Kier alpha value is -1.73. The molecule has 0 aliphatic carbocycles. The molecule has 1 aromatic heterocycles. The molecule has 0 spiro atoms. The Morgan fingerprint density at radius 2 is 1.79 bits per heavy atom. The predicted octanol–water partition coefficient (Wildman–Crippen LogP) is 4.93. The minimum atomic E-state index is 0.800. The minimum absolute atomic E-state index is 0.800. The molecule has 3 rings (SSSR count).